The summed E-state index contributed by atoms with van der Waals surface area (Å²) in [6.07, 6.45) is 0. The molecule has 1 rings (SSSR count). The average molecular weight is 169 g/mol. The van der Waals surface area contributed by atoms with E-state index in [1.54, 1.807) is 11.3 Å². The Hall–Kier alpha value is -0.340. The third kappa shape index (κ3) is 2.64. The van der Waals surface area contributed by atoms with Gasteiger partial charge in [0, 0.05) is 12.6 Å². The number of thiophene rings is 1. The zero-order chi connectivity index (χ0) is 8.27. The molecule has 0 amide bonds. The summed E-state index contributed by atoms with van der Waals surface area (Å²) in [6.45, 7) is 7.50. The van der Waals surface area contributed by atoms with Crippen molar-refractivity contribution in [3.63, 3.8) is 0 Å². The molecule has 0 unspecified atom stereocenters. The van der Waals surface area contributed by atoms with Crippen molar-refractivity contribution in [1.29, 1.82) is 0 Å². The van der Waals surface area contributed by atoms with Crippen molar-refractivity contribution in [2.45, 2.75) is 33.4 Å². The highest BCUT2D eigenvalue weighted by Crippen LogP contribution is 2.12. The average Bonchev–Trinajstić information content (AvgIpc) is 2.31. The molecule has 1 nitrogen and oxygen atoms in total. The summed E-state index contributed by atoms with van der Waals surface area (Å²) in [5.41, 5.74) is 2.84. The van der Waals surface area contributed by atoms with Crippen LogP contribution in [-0.4, -0.2) is 6.04 Å². The molecule has 0 bridgehead atoms. The normalized spacial score (nSPS) is 10.9. The molecule has 1 aromatic rings. The lowest BCUT2D eigenvalue weighted by Gasteiger charge is -2.06. The van der Waals surface area contributed by atoms with Crippen molar-refractivity contribution in [3.8, 4) is 0 Å². The van der Waals surface area contributed by atoms with E-state index in [0.717, 1.165) is 6.54 Å². The lowest BCUT2D eigenvalue weighted by Crippen LogP contribution is -2.21. The minimum Gasteiger partial charge on any atom is -0.310 e. The maximum Gasteiger partial charge on any atom is 0.0218 e. The van der Waals surface area contributed by atoms with E-state index in [9.17, 15) is 0 Å². The van der Waals surface area contributed by atoms with Gasteiger partial charge in [0.15, 0.2) is 0 Å². The molecule has 0 fully saturated rings. The van der Waals surface area contributed by atoms with Gasteiger partial charge in [-0.2, -0.15) is 11.3 Å². The van der Waals surface area contributed by atoms with Crippen molar-refractivity contribution in [3.05, 3.63) is 21.9 Å². The molecule has 11 heavy (non-hydrogen) atoms. The lowest BCUT2D eigenvalue weighted by molar-refractivity contribution is 0.588. The first-order valence-corrected chi connectivity index (χ1v) is 4.89. The Morgan fingerprint density at radius 3 is 2.64 bits per heavy atom. The monoisotopic (exact) mass is 169 g/mol. The molecule has 0 aromatic carbocycles. The van der Waals surface area contributed by atoms with Crippen LogP contribution in [0.5, 0.6) is 0 Å². The van der Waals surface area contributed by atoms with Gasteiger partial charge in [0.05, 0.1) is 0 Å². The molecule has 0 saturated heterocycles. The smallest absolute Gasteiger partial charge is 0.0218 e. The Labute approximate surface area is 72.4 Å². The van der Waals surface area contributed by atoms with Crippen molar-refractivity contribution in [2.75, 3.05) is 0 Å². The van der Waals surface area contributed by atoms with Crippen LogP contribution in [0.4, 0.5) is 0 Å². The summed E-state index contributed by atoms with van der Waals surface area (Å²) in [5.74, 6) is 0. The molecule has 0 aliphatic carbocycles. The highest BCUT2D eigenvalue weighted by Gasteiger charge is 1.98. The van der Waals surface area contributed by atoms with E-state index in [0.29, 0.717) is 6.04 Å². The van der Waals surface area contributed by atoms with Gasteiger partial charge in [0.25, 0.3) is 0 Å². The van der Waals surface area contributed by atoms with Crippen LogP contribution in [-0.2, 0) is 6.54 Å². The van der Waals surface area contributed by atoms with Crippen LogP contribution in [0.3, 0.4) is 0 Å². The Balaban J connectivity index is 2.44. The van der Waals surface area contributed by atoms with Crippen LogP contribution in [0.2, 0.25) is 0 Å². The minimum absolute atomic E-state index is 0.578. The molecule has 2 heteroatoms. The Morgan fingerprint density at radius 2 is 2.18 bits per heavy atom. The fourth-order valence-electron chi connectivity index (χ4n) is 0.882. The summed E-state index contributed by atoms with van der Waals surface area (Å²) in [7, 11) is 0. The van der Waals surface area contributed by atoms with Crippen LogP contribution in [0, 0.1) is 6.92 Å². The molecular formula is C9H15NS. The van der Waals surface area contributed by atoms with Gasteiger partial charge in [-0.1, -0.05) is 13.8 Å². The standard InChI is InChI=1S/C9H15NS/c1-7(2)10-4-9-6-11-5-8(9)3/h5-7,10H,4H2,1-3H3. The molecule has 0 aliphatic heterocycles. The van der Waals surface area contributed by atoms with Crippen molar-refractivity contribution < 1.29 is 0 Å². The minimum atomic E-state index is 0.578. The van der Waals surface area contributed by atoms with Crippen LogP contribution in [0.1, 0.15) is 25.0 Å². The van der Waals surface area contributed by atoms with E-state index in [1.165, 1.54) is 11.1 Å². The highest BCUT2D eigenvalue weighted by molar-refractivity contribution is 7.08. The van der Waals surface area contributed by atoms with Gasteiger partial charge in [-0.3, -0.25) is 0 Å². The van der Waals surface area contributed by atoms with Gasteiger partial charge < -0.3 is 5.32 Å². The number of nitrogens with one attached hydrogen (secondary N) is 1. The van der Waals surface area contributed by atoms with E-state index in [2.05, 4.69) is 36.8 Å². The molecule has 62 valence electrons. The Bertz CT molecular complexity index is 215. The number of hydrogen-bond acceptors (Lipinski definition) is 2. The van der Waals surface area contributed by atoms with Gasteiger partial charge >= 0.3 is 0 Å². The van der Waals surface area contributed by atoms with Crippen LogP contribution in [0.15, 0.2) is 10.8 Å². The fraction of sp³-hybridized carbons (Fsp3) is 0.556. The third-order valence-corrected chi connectivity index (χ3v) is 2.57. The van der Waals surface area contributed by atoms with Gasteiger partial charge in [-0.05, 0) is 28.8 Å². The molecular weight excluding hydrogens is 154 g/mol. The Morgan fingerprint density at radius 1 is 1.45 bits per heavy atom. The first-order chi connectivity index (χ1) is 5.20. The summed E-state index contributed by atoms with van der Waals surface area (Å²) >= 11 is 1.78. The topological polar surface area (TPSA) is 12.0 Å². The van der Waals surface area contributed by atoms with Gasteiger partial charge in [-0.25, -0.2) is 0 Å². The van der Waals surface area contributed by atoms with Crippen molar-refractivity contribution in [1.82, 2.24) is 5.32 Å². The number of hydrogen-bond donors (Lipinski definition) is 1. The summed E-state index contributed by atoms with van der Waals surface area (Å²) in [6, 6.07) is 0.578. The van der Waals surface area contributed by atoms with Crippen LogP contribution in [0.25, 0.3) is 0 Å². The van der Waals surface area contributed by atoms with Crippen molar-refractivity contribution in [2.24, 2.45) is 0 Å². The zero-order valence-electron chi connectivity index (χ0n) is 7.35. The molecule has 1 N–H and O–H groups in total. The van der Waals surface area contributed by atoms with E-state index >= 15 is 0 Å². The summed E-state index contributed by atoms with van der Waals surface area (Å²) in [5, 5.41) is 7.80. The highest BCUT2D eigenvalue weighted by atomic mass is 32.1. The van der Waals surface area contributed by atoms with Crippen molar-refractivity contribution >= 4 is 11.3 Å². The maximum absolute atomic E-state index is 3.40. The second kappa shape index (κ2) is 3.88. The van der Waals surface area contributed by atoms with E-state index in [-0.39, 0.29) is 0 Å². The molecule has 0 radical (unpaired) electrons. The predicted octanol–water partition coefficient (Wildman–Crippen LogP) is 2.55. The van der Waals surface area contributed by atoms with Gasteiger partial charge in [-0.15, -0.1) is 0 Å². The maximum atomic E-state index is 3.40. The molecule has 0 saturated carbocycles. The van der Waals surface area contributed by atoms with Crippen LogP contribution < -0.4 is 5.32 Å². The number of rotatable bonds is 3. The van der Waals surface area contributed by atoms with E-state index < -0.39 is 0 Å². The largest absolute Gasteiger partial charge is 0.310 e. The lowest BCUT2D eigenvalue weighted by atomic mass is 10.2. The van der Waals surface area contributed by atoms with Crippen LogP contribution >= 0.6 is 11.3 Å². The third-order valence-electron chi connectivity index (χ3n) is 1.66. The number of aryl methyl sites for hydroxylation is 1. The first kappa shape index (κ1) is 8.75. The van der Waals surface area contributed by atoms with Gasteiger partial charge in [0.2, 0.25) is 0 Å². The predicted molar refractivity (Wildman–Crippen MR) is 51.0 cm³/mol. The molecule has 0 spiro atoms. The first-order valence-electron chi connectivity index (χ1n) is 3.95. The molecule has 1 aromatic heterocycles. The van der Waals surface area contributed by atoms with E-state index in [4.69, 9.17) is 0 Å². The summed E-state index contributed by atoms with van der Waals surface area (Å²) in [4.78, 5) is 0. The van der Waals surface area contributed by atoms with Gasteiger partial charge in [0.1, 0.15) is 0 Å². The molecule has 1 heterocycles. The summed E-state index contributed by atoms with van der Waals surface area (Å²) < 4.78 is 0. The zero-order valence-corrected chi connectivity index (χ0v) is 8.16. The second-order valence-corrected chi connectivity index (χ2v) is 3.86. The Kier molecular flexibility index (Phi) is 3.09. The van der Waals surface area contributed by atoms with E-state index in [1.807, 2.05) is 0 Å². The molecule has 0 aliphatic rings. The second-order valence-electron chi connectivity index (χ2n) is 3.12. The molecule has 0 atom stereocenters. The quantitative estimate of drug-likeness (QED) is 0.733. The SMILES string of the molecule is Cc1cscc1CNC(C)C. The fourth-order valence-corrected chi connectivity index (χ4v) is 1.74.